The summed E-state index contributed by atoms with van der Waals surface area (Å²) < 4.78 is 5.09. The second-order valence-electron chi connectivity index (χ2n) is 5.18. The number of amides is 1. The van der Waals surface area contributed by atoms with Crippen LogP contribution in [-0.4, -0.2) is 57.2 Å². The van der Waals surface area contributed by atoms with Gasteiger partial charge in [0.1, 0.15) is 0 Å². The molecule has 0 radical (unpaired) electrons. The minimum absolute atomic E-state index is 0.0419. The van der Waals surface area contributed by atoms with Crippen molar-refractivity contribution >= 4 is 5.91 Å². The average molecular weight is 257 g/mol. The standard InChI is InChI=1S/C13H27N3O2/c1-16-7-4-11(5-8-16)3-6-15-13(17)9-12(10-14)18-2/h11-12H,3-10,14H2,1-2H3,(H,15,17). The summed E-state index contributed by atoms with van der Waals surface area (Å²) in [5.74, 6) is 0.800. The van der Waals surface area contributed by atoms with Crippen LogP contribution in [0.2, 0.25) is 0 Å². The van der Waals surface area contributed by atoms with Gasteiger partial charge in [0.15, 0.2) is 0 Å². The summed E-state index contributed by atoms with van der Waals surface area (Å²) in [6.07, 6.45) is 3.78. The molecular weight excluding hydrogens is 230 g/mol. The van der Waals surface area contributed by atoms with Gasteiger partial charge in [-0.25, -0.2) is 0 Å². The number of hydrogen-bond donors (Lipinski definition) is 2. The molecule has 0 aromatic rings. The second kappa shape index (κ2) is 8.45. The molecule has 0 bridgehead atoms. The third-order valence-corrected chi connectivity index (χ3v) is 3.72. The van der Waals surface area contributed by atoms with Gasteiger partial charge in [-0.2, -0.15) is 0 Å². The fourth-order valence-corrected chi connectivity index (χ4v) is 2.31. The first-order valence-electron chi connectivity index (χ1n) is 6.83. The zero-order valence-corrected chi connectivity index (χ0v) is 11.7. The van der Waals surface area contributed by atoms with Crippen LogP contribution in [-0.2, 0) is 9.53 Å². The molecular formula is C13H27N3O2. The summed E-state index contributed by atoms with van der Waals surface area (Å²) in [6, 6.07) is 0. The lowest BCUT2D eigenvalue weighted by Crippen LogP contribution is -2.35. The van der Waals surface area contributed by atoms with E-state index in [1.807, 2.05) is 0 Å². The summed E-state index contributed by atoms with van der Waals surface area (Å²) in [4.78, 5) is 14.0. The molecule has 3 N–H and O–H groups in total. The van der Waals surface area contributed by atoms with E-state index in [1.165, 1.54) is 25.9 Å². The lowest BCUT2D eigenvalue weighted by molar-refractivity contribution is -0.123. The Kier molecular flexibility index (Phi) is 7.23. The van der Waals surface area contributed by atoms with Crippen LogP contribution in [0.3, 0.4) is 0 Å². The molecule has 5 heteroatoms. The number of nitrogens with one attached hydrogen (secondary N) is 1. The van der Waals surface area contributed by atoms with Crippen molar-refractivity contribution in [1.29, 1.82) is 0 Å². The fourth-order valence-electron chi connectivity index (χ4n) is 2.31. The molecule has 1 unspecified atom stereocenters. The predicted molar refractivity (Wildman–Crippen MR) is 72.3 cm³/mol. The highest BCUT2D eigenvalue weighted by Crippen LogP contribution is 2.18. The third-order valence-electron chi connectivity index (χ3n) is 3.72. The Balaban J connectivity index is 2.08. The molecule has 1 rings (SSSR count). The van der Waals surface area contributed by atoms with Crippen molar-refractivity contribution in [1.82, 2.24) is 10.2 Å². The van der Waals surface area contributed by atoms with Crippen LogP contribution >= 0.6 is 0 Å². The summed E-state index contributed by atoms with van der Waals surface area (Å²) in [5.41, 5.74) is 5.48. The summed E-state index contributed by atoms with van der Waals surface area (Å²) in [7, 11) is 3.75. The quantitative estimate of drug-likeness (QED) is 0.683. The van der Waals surface area contributed by atoms with E-state index < -0.39 is 0 Å². The normalized spacial score (nSPS) is 19.7. The fraction of sp³-hybridized carbons (Fsp3) is 0.923. The molecule has 1 heterocycles. The van der Waals surface area contributed by atoms with Crippen molar-refractivity contribution in [2.45, 2.75) is 31.8 Å². The summed E-state index contributed by atoms with van der Waals surface area (Å²) in [5, 5.41) is 2.95. The molecule has 0 saturated carbocycles. The maximum absolute atomic E-state index is 11.6. The molecule has 1 amide bonds. The zero-order valence-electron chi connectivity index (χ0n) is 11.7. The van der Waals surface area contributed by atoms with E-state index in [9.17, 15) is 4.79 Å². The number of piperidine rings is 1. The molecule has 0 spiro atoms. The lowest BCUT2D eigenvalue weighted by Gasteiger charge is -2.28. The Bertz CT molecular complexity index is 236. The van der Waals surface area contributed by atoms with Crippen molar-refractivity contribution in [2.75, 3.05) is 40.3 Å². The van der Waals surface area contributed by atoms with E-state index in [-0.39, 0.29) is 12.0 Å². The summed E-state index contributed by atoms with van der Waals surface area (Å²) in [6.45, 7) is 3.52. The molecule has 1 fully saturated rings. The van der Waals surface area contributed by atoms with E-state index in [1.54, 1.807) is 7.11 Å². The van der Waals surface area contributed by atoms with Crippen LogP contribution in [0.4, 0.5) is 0 Å². The van der Waals surface area contributed by atoms with Crippen molar-refractivity contribution in [3.8, 4) is 0 Å². The van der Waals surface area contributed by atoms with E-state index in [4.69, 9.17) is 10.5 Å². The number of likely N-dealkylation sites (tertiary alicyclic amines) is 1. The largest absolute Gasteiger partial charge is 0.380 e. The van der Waals surface area contributed by atoms with Crippen LogP contribution in [0.15, 0.2) is 0 Å². The highest BCUT2D eigenvalue weighted by molar-refractivity contribution is 5.76. The summed E-state index contributed by atoms with van der Waals surface area (Å²) >= 11 is 0. The molecule has 106 valence electrons. The minimum atomic E-state index is -0.159. The molecule has 1 saturated heterocycles. The number of hydrogen-bond acceptors (Lipinski definition) is 4. The number of nitrogens with zero attached hydrogens (tertiary/aromatic N) is 1. The Hall–Kier alpha value is -0.650. The Labute approximate surface area is 110 Å². The van der Waals surface area contributed by atoms with Gasteiger partial charge in [0.25, 0.3) is 0 Å². The minimum Gasteiger partial charge on any atom is -0.380 e. The van der Waals surface area contributed by atoms with Crippen molar-refractivity contribution in [3.63, 3.8) is 0 Å². The van der Waals surface area contributed by atoms with E-state index in [2.05, 4.69) is 17.3 Å². The van der Waals surface area contributed by atoms with Crippen molar-refractivity contribution < 1.29 is 9.53 Å². The van der Waals surface area contributed by atoms with E-state index in [0.717, 1.165) is 18.9 Å². The first-order chi connectivity index (χ1) is 8.65. The maximum atomic E-state index is 11.6. The molecule has 1 aliphatic rings. The van der Waals surface area contributed by atoms with E-state index in [0.29, 0.717) is 13.0 Å². The highest BCUT2D eigenvalue weighted by Gasteiger charge is 2.17. The van der Waals surface area contributed by atoms with Gasteiger partial charge in [0, 0.05) is 20.2 Å². The third kappa shape index (κ3) is 5.80. The van der Waals surface area contributed by atoms with Gasteiger partial charge in [0.05, 0.1) is 12.5 Å². The monoisotopic (exact) mass is 257 g/mol. The Morgan fingerprint density at radius 3 is 2.72 bits per heavy atom. The van der Waals surface area contributed by atoms with Gasteiger partial charge >= 0.3 is 0 Å². The smallest absolute Gasteiger partial charge is 0.222 e. The average Bonchev–Trinajstić information content (AvgIpc) is 2.38. The zero-order chi connectivity index (χ0) is 13.4. The molecule has 5 nitrogen and oxygen atoms in total. The number of nitrogens with two attached hydrogens (primary N) is 1. The lowest BCUT2D eigenvalue weighted by atomic mass is 9.94. The Morgan fingerprint density at radius 1 is 1.50 bits per heavy atom. The van der Waals surface area contributed by atoms with Crippen molar-refractivity contribution in [3.05, 3.63) is 0 Å². The molecule has 1 atom stereocenters. The first kappa shape index (κ1) is 15.4. The van der Waals surface area contributed by atoms with Crippen LogP contribution in [0, 0.1) is 5.92 Å². The molecule has 0 aromatic carbocycles. The van der Waals surface area contributed by atoms with E-state index >= 15 is 0 Å². The predicted octanol–water partition coefficient (Wildman–Crippen LogP) is 0.198. The number of methoxy groups -OCH3 is 1. The number of ether oxygens (including phenoxy) is 1. The highest BCUT2D eigenvalue weighted by atomic mass is 16.5. The Morgan fingerprint density at radius 2 is 2.17 bits per heavy atom. The molecule has 0 aliphatic carbocycles. The van der Waals surface area contributed by atoms with Gasteiger partial charge in [-0.3, -0.25) is 4.79 Å². The number of carbonyl (C=O) groups excluding carboxylic acids is 1. The maximum Gasteiger partial charge on any atom is 0.222 e. The topological polar surface area (TPSA) is 67.6 Å². The molecule has 1 aliphatic heterocycles. The number of carbonyl (C=O) groups is 1. The first-order valence-corrected chi connectivity index (χ1v) is 6.83. The van der Waals surface area contributed by atoms with Gasteiger partial charge in [-0.15, -0.1) is 0 Å². The van der Waals surface area contributed by atoms with Crippen LogP contribution < -0.4 is 11.1 Å². The molecule has 0 aromatic heterocycles. The van der Waals surface area contributed by atoms with Crippen LogP contribution in [0.25, 0.3) is 0 Å². The van der Waals surface area contributed by atoms with Gasteiger partial charge < -0.3 is 20.7 Å². The van der Waals surface area contributed by atoms with Crippen LogP contribution in [0.5, 0.6) is 0 Å². The number of rotatable bonds is 7. The van der Waals surface area contributed by atoms with Gasteiger partial charge in [-0.05, 0) is 45.3 Å². The van der Waals surface area contributed by atoms with Crippen molar-refractivity contribution in [2.24, 2.45) is 11.7 Å². The van der Waals surface area contributed by atoms with Gasteiger partial charge in [0.2, 0.25) is 5.91 Å². The SMILES string of the molecule is COC(CN)CC(=O)NCCC1CCN(C)CC1. The van der Waals surface area contributed by atoms with Crippen LogP contribution in [0.1, 0.15) is 25.7 Å². The van der Waals surface area contributed by atoms with Gasteiger partial charge in [-0.1, -0.05) is 0 Å². The second-order valence-corrected chi connectivity index (χ2v) is 5.18. The molecule has 18 heavy (non-hydrogen) atoms.